The van der Waals surface area contributed by atoms with E-state index in [-0.39, 0.29) is 6.03 Å². The van der Waals surface area contributed by atoms with Crippen LogP contribution < -0.4 is 16.4 Å². The van der Waals surface area contributed by atoms with Crippen molar-refractivity contribution in [3.63, 3.8) is 0 Å². The molecule has 0 fully saturated rings. The van der Waals surface area contributed by atoms with Gasteiger partial charge in [-0.2, -0.15) is 0 Å². The van der Waals surface area contributed by atoms with Gasteiger partial charge in [-0.05, 0) is 67.9 Å². The summed E-state index contributed by atoms with van der Waals surface area (Å²) >= 11 is 1.48. The maximum Gasteiger partial charge on any atom is 0.320 e. The van der Waals surface area contributed by atoms with Gasteiger partial charge in [-0.3, -0.25) is 4.79 Å². The van der Waals surface area contributed by atoms with Crippen LogP contribution in [0.25, 0.3) is 0 Å². The predicted molar refractivity (Wildman–Crippen MR) is 113 cm³/mol. The summed E-state index contributed by atoms with van der Waals surface area (Å²) in [7, 11) is 0. The van der Waals surface area contributed by atoms with Crippen LogP contribution in [0.1, 0.15) is 37.3 Å². The van der Waals surface area contributed by atoms with Gasteiger partial charge in [0.2, 0.25) is 5.91 Å². The van der Waals surface area contributed by atoms with E-state index in [1.807, 2.05) is 6.07 Å². The largest absolute Gasteiger partial charge is 0.376 e. The Labute approximate surface area is 169 Å². The molecule has 1 atom stereocenters. The SMILES string of the molecule is CCN1C=C2SC(NC(=O)Nc3ccc4c(c3)CCCC4)C(C(N)=O)=C2CC1. The second-order valence-corrected chi connectivity index (χ2v) is 8.56. The van der Waals surface area contributed by atoms with E-state index in [1.54, 1.807) is 0 Å². The minimum atomic E-state index is -0.463. The highest BCUT2D eigenvalue weighted by molar-refractivity contribution is 8.04. The molecular formula is C21H26N4O2S. The van der Waals surface area contributed by atoms with Crippen molar-refractivity contribution in [2.24, 2.45) is 5.73 Å². The van der Waals surface area contributed by atoms with E-state index in [9.17, 15) is 9.59 Å². The lowest BCUT2D eigenvalue weighted by atomic mass is 9.91. The van der Waals surface area contributed by atoms with Crippen molar-refractivity contribution < 1.29 is 9.59 Å². The average Bonchev–Trinajstić information content (AvgIpc) is 3.04. The Morgan fingerprint density at radius 1 is 1.21 bits per heavy atom. The van der Waals surface area contributed by atoms with E-state index < -0.39 is 11.3 Å². The number of nitrogens with one attached hydrogen (secondary N) is 2. The van der Waals surface area contributed by atoms with Gasteiger partial charge in [0.25, 0.3) is 0 Å². The maximum absolute atomic E-state index is 12.6. The molecule has 6 nitrogen and oxygen atoms in total. The van der Waals surface area contributed by atoms with Crippen LogP contribution in [0.4, 0.5) is 10.5 Å². The highest BCUT2D eigenvalue weighted by Crippen LogP contribution is 2.44. The molecule has 1 aliphatic carbocycles. The lowest BCUT2D eigenvalue weighted by molar-refractivity contribution is -0.114. The van der Waals surface area contributed by atoms with E-state index in [0.29, 0.717) is 5.57 Å². The smallest absolute Gasteiger partial charge is 0.320 e. The molecule has 0 radical (unpaired) electrons. The number of primary amides is 1. The Kier molecular flexibility index (Phi) is 5.35. The Balaban J connectivity index is 1.47. The molecule has 1 aromatic rings. The fourth-order valence-electron chi connectivity index (χ4n) is 4.13. The van der Waals surface area contributed by atoms with Crippen LogP contribution in [0.2, 0.25) is 0 Å². The zero-order valence-electron chi connectivity index (χ0n) is 16.1. The third-order valence-corrected chi connectivity index (χ3v) is 6.81. The first-order valence-corrected chi connectivity index (χ1v) is 10.8. The summed E-state index contributed by atoms with van der Waals surface area (Å²) < 4.78 is 0. The van der Waals surface area contributed by atoms with Gasteiger partial charge >= 0.3 is 6.03 Å². The van der Waals surface area contributed by atoms with Gasteiger partial charge in [-0.25, -0.2) is 4.79 Å². The normalized spacial score (nSPS) is 21.0. The van der Waals surface area contributed by atoms with Crippen LogP contribution >= 0.6 is 11.8 Å². The van der Waals surface area contributed by atoms with Gasteiger partial charge in [0, 0.05) is 29.9 Å². The van der Waals surface area contributed by atoms with Gasteiger partial charge < -0.3 is 21.3 Å². The second-order valence-electron chi connectivity index (χ2n) is 7.42. The number of urea groups is 1. The van der Waals surface area contributed by atoms with E-state index in [1.165, 1.54) is 35.7 Å². The van der Waals surface area contributed by atoms with Gasteiger partial charge in [0.05, 0.1) is 5.57 Å². The quantitative estimate of drug-likeness (QED) is 0.727. The van der Waals surface area contributed by atoms with Crippen molar-refractivity contribution in [1.29, 1.82) is 0 Å². The van der Waals surface area contributed by atoms with E-state index >= 15 is 0 Å². The van der Waals surface area contributed by atoms with Crippen molar-refractivity contribution in [2.75, 3.05) is 18.4 Å². The summed E-state index contributed by atoms with van der Waals surface area (Å²) in [5.74, 6) is -0.463. The van der Waals surface area contributed by atoms with Crippen molar-refractivity contribution in [2.45, 2.75) is 44.4 Å². The predicted octanol–water partition coefficient (Wildman–Crippen LogP) is 3.11. The number of carbonyl (C=O) groups is 2. The molecule has 0 aromatic heterocycles. The third kappa shape index (κ3) is 3.76. The first kappa shape index (κ1) is 18.9. The molecule has 0 spiro atoms. The summed E-state index contributed by atoms with van der Waals surface area (Å²) in [4.78, 5) is 27.9. The minimum Gasteiger partial charge on any atom is -0.376 e. The number of benzene rings is 1. The molecular weight excluding hydrogens is 372 g/mol. The first-order valence-electron chi connectivity index (χ1n) is 9.90. The molecule has 1 aromatic carbocycles. The number of nitrogens with two attached hydrogens (primary N) is 1. The molecule has 2 aliphatic heterocycles. The lowest BCUT2D eigenvalue weighted by Gasteiger charge is -2.24. The summed E-state index contributed by atoms with van der Waals surface area (Å²) in [5, 5.41) is 5.38. The number of rotatable bonds is 4. The molecule has 148 valence electrons. The number of hydrogen-bond donors (Lipinski definition) is 3. The molecule has 2 heterocycles. The van der Waals surface area contributed by atoms with Crippen LogP contribution in [0.5, 0.6) is 0 Å². The van der Waals surface area contributed by atoms with E-state index in [0.717, 1.165) is 48.5 Å². The fourth-order valence-corrected chi connectivity index (χ4v) is 5.49. The summed E-state index contributed by atoms with van der Waals surface area (Å²) in [6, 6.07) is 5.79. The van der Waals surface area contributed by atoms with Gasteiger partial charge in [-0.15, -0.1) is 0 Å². The van der Waals surface area contributed by atoms with Gasteiger partial charge in [0.1, 0.15) is 5.37 Å². The Hall–Kier alpha value is -2.41. The zero-order chi connectivity index (χ0) is 19.7. The van der Waals surface area contributed by atoms with Crippen molar-refractivity contribution >= 4 is 29.4 Å². The number of nitrogens with zero attached hydrogens (tertiary/aromatic N) is 1. The number of thioether (sulfide) groups is 1. The van der Waals surface area contributed by atoms with Crippen LogP contribution in [0.3, 0.4) is 0 Å². The van der Waals surface area contributed by atoms with Crippen LogP contribution in [0.15, 0.2) is 40.5 Å². The molecule has 28 heavy (non-hydrogen) atoms. The molecule has 1 unspecified atom stereocenters. The van der Waals surface area contributed by atoms with Gasteiger partial charge in [-0.1, -0.05) is 17.8 Å². The standard InChI is InChI=1S/C21H26N4O2S/c1-2-25-10-9-16-17(12-25)28-20(18(16)19(22)26)24-21(27)23-15-8-7-13-5-3-4-6-14(13)11-15/h7-8,11-12,20H,2-6,9-10H2,1H3,(H2,22,26)(H2,23,24,27). The summed E-state index contributed by atoms with van der Waals surface area (Å²) in [5.41, 5.74) is 10.6. The van der Waals surface area contributed by atoms with E-state index in [4.69, 9.17) is 5.73 Å². The number of fused-ring (bicyclic) bond motifs is 2. The van der Waals surface area contributed by atoms with Crippen LogP contribution in [-0.2, 0) is 17.6 Å². The number of hydrogen-bond acceptors (Lipinski definition) is 4. The molecule has 0 saturated carbocycles. The fraction of sp³-hybridized carbons (Fsp3) is 0.429. The minimum absolute atomic E-state index is 0.320. The molecule has 0 saturated heterocycles. The van der Waals surface area contributed by atoms with Crippen LogP contribution in [0, 0.1) is 0 Å². The zero-order valence-corrected chi connectivity index (χ0v) is 16.9. The third-order valence-electron chi connectivity index (χ3n) is 5.62. The van der Waals surface area contributed by atoms with Crippen molar-refractivity contribution in [3.05, 3.63) is 51.6 Å². The number of aryl methyl sites for hydroxylation is 2. The number of allylic oxidation sites excluding steroid dienone is 1. The Morgan fingerprint density at radius 3 is 2.75 bits per heavy atom. The monoisotopic (exact) mass is 398 g/mol. The molecule has 3 aliphatic rings. The average molecular weight is 399 g/mol. The lowest BCUT2D eigenvalue weighted by Crippen LogP contribution is -2.39. The maximum atomic E-state index is 12.6. The molecule has 3 amide bonds. The summed E-state index contributed by atoms with van der Waals surface area (Å²) in [6.45, 7) is 3.88. The van der Waals surface area contributed by atoms with Crippen LogP contribution in [-0.4, -0.2) is 35.3 Å². The van der Waals surface area contributed by atoms with E-state index in [2.05, 4.69) is 40.8 Å². The highest BCUT2D eigenvalue weighted by atomic mass is 32.2. The molecule has 0 bridgehead atoms. The summed E-state index contributed by atoms with van der Waals surface area (Å²) in [6.07, 6.45) is 7.44. The molecule has 4 rings (SSSR count). The number of anilines is 1. The topological polar surface area (TPSA) is 87.5 Å². The highest BCUT2D eigenvalue weighted by Gasteiger charge is 2.36. The number of amides is 3. The van der Waals surface area contributed by atoms with Gasteiger partial charge in [0.15, 0.2) is 0 Å². The first-order chi connectivity index (χ1) is 13.5. The van der Waals surface area contributed by atoms with Crippen molar-refractivity contribution in [3.8, 4) is 0 Å². The molecule has 4 N–H and O–H groups in total. The number of carbonyl (C=O) groups excluding carboxylic acids is 2. The molecule has 7 heteroatoms. The van der Waals surface area contributed by atoms with Crippen molar-refractivity contribution in [1.82, 2.24) is 10.2 Å². The Morgan fingerprint density at radius 2 is 2.00 bits per heavy atom. The Bertz CT molecular complexity index is 877. The second kappa shape index (κ2) is 7.91.